The normalized spacial score (nSPS) is 10.6. The summed E-state index contributed by atoms with van der Waals surface area (Å²) in [5.41, 5.74) is 1.70. The maximum absolute atomic E-state index is 13.1. The molecule has 1 amide bonds. The molecule has 4 nitrogen and oxygen atoms in total. The van der Waals surface area contributed by atoms with Crippen LogP contribution in [0.4, 0.5) is 10.1 Å². The number of carbonyl (C=O) groups is 2. The second-order valence-corrected chi connectivity index (χ2v) is 8.02. The fourth-order valence-corrected chi connectivity index (χ4v) is 4.13. The topological polar surface area (TPSA) is 59.1 Å². The third kappa shape index (κ3) is 5.63. The molecule has 1 N–H and O–H groups in total. The second-order valence-electron chi connectivity index (χ2n) is 5.54. The van der Waals surface area contributed by atoms with Gasteiger partial charge >= 0.3 is 0 Å². The zero-order chi connectivity index (χ0) is 19.2. The molecule has 0 aliphatic rings. The third-order valence-corrected chi connectivity index (χ3v) is 5.86. The fraction of sp³-hybridized carbons (Fsp3) is 0.105. The summed E-state index contributed by atoms with van der Waals surface area (Å²) < 4.78 is 13.9. The molecule has 3 rings (SSSR count). The first-order valence-electron chi connectivity index (χ1n) is 7.91. The molecule has 0 unspecified atom stereocenters. The minimum atomic E-state index is -0.541. The van der Waals surface area contributed by atoms with Crippen molar-refractivity contribution in [3.63, 3.8) is 0 Å². The van der Waals surface area contributed by atoms with Crippen molar-refractivity contribution < 1.29 is 14.0 Å². The highest BCUT2D eigenvalue weighted by Crippen LogP contribution is 2.24. The number of nitrogens with one attached hydrogen (secondary N) is 1. The van der Waals surface area contributed by atoms with Crippen molar-refractivity contribution in [2.45, 2.75) is 10.8 Å². The first kappa shape index (κ1) is 19.5. The molecular formula is C19H14ClFN2O2S2. The van der Waals surface area contributed by atoms with Gasteiger partial charge in [0.15, 0.2) is 10.1 Å². The number of aromatic nitrogens is 1. The van der Waals surface area contributed by atoms with Crippen molar-refractivity contribution in [2.75, 3.05) is 11.1 Å². The Morgan fingerprint density at radius 1 is 1.19 bits per heavy atom. The summed E-state index contributed by atoms with van der Waals surface area (Å²) in [4.78, 5) is 28.6. The summed E-state index contributed by atoms with van der Waals surface area (Å²) in [7, 11) is 0. The lowest BCUT2D eigenvalue weighted by molar-refractivity contribution is -0.115. The van der Waals surface area contributed by atoms with Crippen LogP contribution in [0, 0.1) is 5.82 Å². The minimum absolute atomic E-state index is 0.0308. The van der Waals surface area contributed by atoms with Crippen molar-refractivity contribution in [1.29, 1.82) is 0 Å². The van der Waals surface area contributed by atoms with Crippen LogP contribution in [0.5, 0.6) is 0 Å². The third-order valence-electron chi connectivity index (χ3n) is 3.50. The molecule has 138 valence electrons. The van der Waals surface area contributed by atoms with Crippen LogP contribution in [-0.4, -0.2) is 22.4 Å². The zero-order valence-electron chi connectivity index (χ0n) is 13.9. The minimum Gasteiger partial charge on any atom is -0.326 e. The van der Waals surface area contributed by atoms with E-state index in [2.05, 4.69) is 10.3 Å². The number of amides is 1. The number of Topliss-reactive ketones (excluding diaryl/α,β-unsaturated/α-hetero) is 1. The summed E-state index contributed by atoms with van der Waals surface area (Å²) in [5.74, 6) is -0.499. The molecule has 0 atom stereocenters. The van der Waals surface area contributed by atoms with Gasteiger partial charge in [-0.25, -0.2) is 9.37 Å². The van der Waals surface area contributed by atoms with Crippen LogP contribution in [0.3, 0.4) is 0 Å². The number of rotatable bonds is 7. The largest absolute Gasteiger partial charge is 0.326 e. The Labute approximate surface area is 168 Å². The van der Waals surface area contributed by atoms with Crippen LogP contribution >= 0.6 is 34.7 Å². The molecule has 0 aliphatic heterocycles. The van der Waals surface area contributed by atoms with E-state index in [4.69, 9.17) is 11.6 Å². The number of thioether (sulfide) groups is 1. The Morgan fingerprint density at radius 3 is 2.70 bits per heavy atom. The molecule has 0 saturated carbocycles. The summed E-state index contributed by atoms with van der Waals surface area (Å²) in [5, 5.41) is 4.38. The molecular weight excluding hydrogens is 407 g/mol. The number of benzene rings is 2. The van der Waals surface area contributed by atoms with Gasteiger partial charge in [0.05, 0.1) is 22.9 Å². The average Bonchev–Trinajstić information content (AvgIpc) is 3.10. The molecule has 0 aliphatic carbocycles. The molecule has 1 heterocycles. The number of nitrogens with zero attached hydrogens (tertiary/aromatic N) is 1. The second kappa shape index (κ2) is 9.12. The van der Waals surface area contributed by atoms with E-state index in [0.717, 1.165) is 4.34 Å². The van der Waals surface area contributed by atoms with Gasteiger partial charge in [-0.15, -0.1) is 11.3 Å². The van der Waals surface area contributed by atoms with Crippen LogP contribution in [0.25, 0.3) is 0 Å². The SMILES string of the molecule is O=C(Cc1csc(SCC(=O)c2ccccc2)n1)Nc1ccc(F)c(Cl)c1. The van der Waals surface area contributed by atoms with Crippen LogP contribution in [0.2, 0.25) is 5.02 Å². The maximum atomic E-state index is 13.1. The highest BCUT2D eigenvalue weighted by Gasteiger charge is 2.12. The number of halogens is 2. The predicted molar refractivity (Wildman–Crippen MR) is 107 cm³/mol. The van der Waals surface area contributed by atoms with Crippen molar-refractivity contribution in [3.05, 3.63) is 76.0 Å². The van der Waals surface area contributed by atoms with E-state index in [1.54, 1.807) is 17.5 Å². The molecule has 0 saturated heterocycles. The van der Waals surface area contributed by atoms with Gasteiger partial charge in [0.1, 0.15) is 5.82 Å². The molecule has 1 aromatic heterocycles. The molecule has 3 aromatic rings. The quantitative estimate of drug-likeness (QED) is 0.427. The maximum Gasteiger partial charge on any atom is 0.230 e. The Bertz CT molecular complexity index is 963. The summed E-state index contributed by atoms with van der Waals surface area (Å²) in [6.07, 6.45) is 0.0820. The lowest BCUT2D eigenvalue weighted by Crippen LogP contribution is -2.14. The monoisotopic (exact) mass is 420 g/mol. The molecule has 8 heteroatoms. The van der Waals surface area contributed by atoms with Gasteiger partial charge < -0.3 is 5.32 Å². The summed E-state index contributed by atoms with van der Waals surface area (Å²) in [6, 6.07) is 13.1. The van der Waals surface area contributed by atoms with Gasteiger partial charge in [-0.2, -0.15) is 0 Å². The van der Waals surface area contributed by atoms with Crippen LogP contribution in [-0.2, 0) is 11.2 Å². The van der Waals surface area contributed by atoms with Gasteiger partial charge in [-0.05, 0) is 18.2 Å². The molecule has 0 fully saturated rings. The van der Waals surface area contributed by atoms with E-state index in [-0.39, 0.29) is 28.9 Å². The van der Waals surface area contributed by atoms with Crippen molar-refractivity contribution in [1.82, 2.24) is 4.98 Å². The van der Waals surface area contributed by atoms with Crippen molar-refractivity contribution >= 4 is 52.1 Å². The van der Waals surface area contributed by atoms with Gasteiger partial charge in [0, 0.05) is 16.6 Å². The molecule has 0 radical (unpaired) electrons. The number of hydrogen-bond donors (Lipinski definition) is 1. The number of carbonyl (C=O) groups excluding carboxylic acids is 2. The zero-order valence-corrected chi connectivity index (χ0v) is 16.3. The molecule has 0 bridgehead atoms. The predicted octanol–water partition coefficient (Wildman–Crippen LogP) is 5.09. The number of anilines is 1. The Morgan fingerprint density at radius 2 is 1.96 bits per heavy atom. The Kier molecular flexibility index (Phi) is 6.60. The van der Waals surface area contributed by atoms with Crippen molar-refractivity contribution in [3.8, 4) is 0 Å². The van der Waals surface area contributed by atoms with E-state index < -0.39 is 5.82 Å². The van der Waals surface area contributed by atoms with E-state index in [1.165, 1.54) is 41.3 Å². The van der Waals surface area contributed by atoms with Crippen molar-refractivity contribution in [2.24, 2.45) is 0 Å². The highest BCUT2D eigenvalue weighted by molar-refractivity contribution is 8.01. The van der Waals surface area contributed by atoms with Crippen LogP contribution < -0.4 is 5.32 Å². The van der Waals surface area contributed by atoms with Gasteiger partial charge in [-0.3, -0.25) is 9.59 Å². The van der Waals surface area contributed by atoms with Gasteiger partial charge in [0.2, 0.25) is 5.91 Å². The van der Waals surface area contributed by atoms with E-state index in [0.29, 0.717) is 16.9 Å². The fourth-order valence-electron chi connectivity index (χ4n) is 2.21. The smallest absolute Gasteiger partial charge is 0.230 e. The lowest BCUT2D eigenvalue weighted by Gasteiger charge is -2.04. The Balaban J connectivity index is 1.52. The van der Waals surface area contributed by atoms with Gasteiger partial charge in [0.25, 0.3) is 0 Å². The highest BCUT2D eigenvalue weighted by atomic mass is 35.5. The number of thiazole rings is 1. The Hall–Kier alpha value is -2.22. The number of hydrogen-bond acceptors (Lipinski definition) is 5. The van der Waals surface area contributed by atoms with Crippen LogP contribution in [0.1, 0.15) is 16.1 Å². The van der Waals surface area contributed by atoms with Gasteiger partial charge in [-0.1, -0.05) is 53.7 Å². The van der Waals surface area contributed by atoms with E-state index >= 15 is 0 Å². The van der Waals surface area contributed by atoms with Crippen LogP contribution in [0.15, 0.2) is 58.3 Å². The molecule has 27 heavy (non-hydrogen) atoms. The standard InChI is InChI=1S/C19H14ClFN2O2S2/c20-15-8-13(6-7-16(15)21)22-18(25)9-14-10-26-19(23-14)27-11-17(24)12-4-2-1-3-5-12/h1-8,10H,9,11H2,(H,22,25). The molecule has 2 aromatic carbocycles. The molecule has 0 spiro atoms. The number of ketones is 1. The first-order valence-corrected chi connectivity index (χ1v) is 10.2. The summed E-state index contributed by atoms with van der Waals surface area (Å²) in [6.45, 7) is 0. The van der Waals surface area contributed by atoms with E-state index in [9.17, 15) is 14.0 Å². The first-order chi connectivity index (χ1) is 13.0. The van der Waals surface area contributed by atoms with E-state index in [1.807, 2.05) is 18.2 Å². The summed E-state index contributed by atoms with van der Waals surface area (Å²) >= 11 is 8.43. The average molecular weight is 421 g/mol. The lowest BCUT2D eigenvalue weighted by atomic mass is 10.2.